The van der Waals surface area contributed by atoms with Crippen LogP contribution in [0.4, 0.5) is 0 Å². The van der Waals surface area contributed by atoms with Crippen molar-refractivity contribution in [2.24, 2.45) is 0 Å². The largest absolute Gasteiger partial charge is 0.378 e. The molecule has 3 heterocycles. The van der Waals surface area contributed by atoms with Crippen LogP contribution in [-0.4, -0.2) is 57.8 Å². The number of nitrogens with one attached hydrogen (secondary N) is 1. The molecule has 0 aliphatic carbocycles. The molecule has 2 amide bonds. The Morgan fingerprint density at radius 1 is 1.09 bits per heavy atom. The Bertz CT molecular complexity index is 1140. The molecular formula is C25H31N5O3. The van der Waals surface area contributed by atoms with Crippen molar-refractivity contribution < 1.29 is 14.3 Å². The van der Waals surface area contributed by atoms with Crippen LogP contribution in [0.25, 0.3) is 11.0 Å². The lowest BCUT2D eigenvalue weighted by Gasteiger charge is -2.26. The summed E-state index contributed by atoms with van der Waals surface area (Å²) in [5, 5.41) is 8.21. The number of amides is 2. The molecule has 1 fully saturated rings. The zero-order chi connectivity index (χ0) is 23.5. The van der Waals surface area contributed by atoms with Crippen molar-refractivity contribution in [2.45, 2.75) is 46.2 Å². The van der Waals surface area contributed by atoms with Gasteiger partial charge in [-0.1, -0.05) is 26.0 Å². The summed E-state index contributed by atoms with van der Waals surface area (Å²) >= 11 is 0. The minimum atomic E-state index is -0.166. The van der Waals surface area contributed by atoms with Crippen molar-refractivity contribution in [3.05, 3.63) is 58.9 Å². The van der Waals surface area contributed by atoms with Gasteiger partial charge >= 0.3 is 0 Å². The fourth-order valence-corrected chi connectivity index (χ4v) is 3.89. The normalized spacial score (nSPS) is 14.3. The second-order valence-electron chi connectivity index (χ2n) is 8.95. The Morgan fingerprint density at radius 2 is 1.79 bits per heavy atom. The molecule has 1 aliphatic heterocycles. The molecule has 0 bridgehead atoms. The topological polar surface area (TPSA) is 89.4 Å². The van der Waals surface area contributed by atoms with Crippen molar-refractivity contribution in [1.82, 2.24) is 25.0 Å². The number of pyridine rings is 1. The molecule has 1 aromatic carbocycles. The van der Waals surface area contributed by atoms with Gasteiger partial charge in [-0.25, -0.2) is 9.67 Å². The molecule has 4 rings (SSSR count). The summed E-state index contributed by atoms with van der Waals surface area (Å²) in [6, 6.07) is 9.39. The van der Waals surface area contributed by atoms with E-state index >= 15 is 0 Å². The molecule has 8 nitrogen and oxygen atoms in total. The van der Waals surface area contributed by atoms with Crippen molar-refractivity contribution in [1.29, 1.82) is 0 Å². The summed E-state index contributed by atoms with van der Waals surface area (Å²) in [7, 11) is 0. The summed E-state index contributed by atoms with van der Waals surface area (Å²) in [5.74, 6) is 0.0329. The average molecular weight is 450 g/mol. The van der Waals surface area contributed by atoms with Crippen LogP contribution < -0.4 is 5.32 Å². The summed E-state index contributed by atoms with van der Waals surface area (Å²) in [5.41, 5.74) is 3.74. The molecule has 174 valence electrons. The molecule has 0 atom stereocenters. The molecular weight excluding hydrogens is 418 g/mol. The predicted molar refractivity (Wildman–Crippen MR) is 126 cm³/mol. The fraction of sp³-hybridized carbons (Fsp3) is 0.440. The summed E-state index contributed by atoms with van der Waals surface area (Å²) in [6.45, 7) is 11.0. The van der Waals surface area contributed by atoms with E-state index in [4.69, 9.17) is 9.72 Å². The van der Waals surface area contributed by atoms with Crippen LogP contribution in [-0.2, 0) is 11.3 Å². The predicted octanol–water partition coefficient (Wildman–Crippen LogP) is 3.54. The minimum absolute atomic E-state index is 0.0106. The van der Waals surface area contributed by atoms with E-state index in [1.807, 2.05) is 48.9 Å². The second kappa shape index (κ2) is 9.70. The number of fused-ring (bicyclic) bond motifs is 1. The van der Waals surface area contributed by atoms with Crippen LogP contribution in [0.3, 0.4) is 0 Å². The Hall–Kier alpha value is -3.26. The number of morpholine rings is 1. The van der Waals surface area contributed by atoms with E-state index in [0.29, 0.717) is 44.0 Å². The number of rotatable bonds is 6. The first kappa shape index (κ1) is 22.9. The second-order valence-corrected chi connectivity index (χ2v) is 8.95. The van der Waals surface area contributed by atoms with Crippen LogP contribution >= 0.6 is 0 Å². The number of hydrogen-bond acceptors (Lipinski definition) is 5. The molecule has 3 aromatic rings. The fourth-order valence-electron chi connectivity index (χ4n) is 3.89. The first-order valence-corrected chi connectivity index (χ1v) is 11.5. The van der Waals surface area contributed by atoms with Gasteiger partial charge in [-0.15, -0.1) is 0 Å². The monoisotopic (exact) mass is 449 g/mol. The first-order valence-electron chi connectivity index (χ1n) is 11.5. The lowest BCUT2D eigenvalue weighted by Crippen LogP contribution is -2.40. The molecule has 1 N–H and O–H groups in total. The van der Waals surface area contributed by atoms with Crippen LogP contribution in [0.5, 0.6) is 0 Å². The van der Waals surface area contributed by atoms with Gasteiger partial charge in [0.2, 0.25) is 0 Å². The number of carbonyl (C=O) groups is 2. The number of hydrogen-bond donors (Lipinski definition) is 1. The molecule has 1 saturated heterocycles. The summed E-state index contributed by atoms with van der Waals surface area (Å²) < 4.78 is 7.16. The van der Waals surface area contributed by atoms with E-state index in [9.17, 15) is 9.59 Å². The third-order valence-electron chi connectivity index (χ3n) is 5.86. The van der Waals surface area contributed by atoms with E-state index in [1.54, 1.807) is 11.1 Å². The quantitative estimate of drug-likeness (QED) is 0.622. The van der Waals surface area contributed by atoms with Crippen molar-refractivity contribution >= 4 is 22.8 Å². The lowest BCUT2D eigenvalue weighted by molar-refractivity contribution is 0.0303. The van der Waals surface area contributed by atoms with Crippen LogP contribution in [0.2, 0.25) is 0 Å². The van der Waals surface area contributed by atoms with E-state index < -0.39 is 0 Å². The maximum absolute atomic E-state index is 13.1. The van der Waals surface area contributed by atoms with Crippen molar-refractivity contribution in [3.8, 4) is 0 Å². The van der Waals surface area contributed by atoms with Crippen LogP contribution in [0, 0.1) is 0 Å². The molecule has 2 aromatic heterocycles. The lowest BCUT2D eigenvalue weighted by atomic mass is 10.0. The third kappa shape index (κ3) is 4.90. The Kier molecular flexibility index (Phi) is 6.74. The Labute approximate surface area is 193 Å². The smallest absolute Gasteiger partial charge is 0.254 e. The molecule has 1 aliphatic rings. The molecule has 0 spiro atoms. The van der Waals surface area contributed by atoms with Gasteiger partial charge in [0.1, 0.15) is 0 Å². The number of carbonyl (C=O) groups excluding carboxylic acids is 2. The van der Waals surface area contributed by atoms with E-state index in [1.165, 1.54) is 0 Å². The van der Waals surface area contributed by atoms with Crippen LogP contribution in [0.1, 0.15) is 71.6 Å². The Balaban J connectivity index is 1.49. The van der Waals surface area contributed by atoms with Gasteiger partial charge in [-0.05, 0) is 43.5 Å². The van der Waals surface area contributed by atoms with Crippen molar-refractivity contribution in [2.75, 3.05) is 26.3 Å². The van der Waals surface area contributed by atoms with Gasteiger partial charge in [0, 0.05) is 36.9 Å². The van der Waals surface area contributed by atoms with Gasteiger partial charge in [0.25, 0.3) is 11.8 Å². The zero-order valence-corrected chi connectivity index (χ0v) is 19.7. The maximum Gasteiger partial charge on any atom is 0.254 e. The molecule has 0 unspecified atom stereocenters. The molecule has 33 heavy (non-hydrogen) atoms. The number of aromatic nitrogens is 3. The third-order valence-corrected chi connectivity index (χ3v) is 5.86. The van der Waals surface area contributed by atoms with Gasteiger partial charge in [0.05, 0.1) is 30.4 Å². The maximum atomic E-state index is 13.1. The Morgan fingerprint density at radius 3 is 2.42 bits per heavy atom. The van der Waals surface area contributed by atoms with E-state index in [2.05, 4.69) is 24.3 Å². The molecule has 8 heteroatoms. The summed E-state index contributed by atoms with van der Waals surface area (Å²) in [6.07, 6.45) is 1.72. The highest BCUT2D eigenvalue weighted by atomic mass is 16.5. The minimum Gasteiger partial charge on any atom is -0.378 e. The SMILES string of the molecule is CC(C)c1cc(C(=O)NCc2ccc(C(=O)N3CCOCC3)cc2)c2cnn(C(C)C)c2n1. The molecule has 0 radical (unpaired) electrons. The highest BCUT2D eigenvalue weighted by Gasteiger charge is 2.20. The zero-order valence-electron chi connectivity index (χ0n) is 19.7. The highest BCUT2D eigenvalue weighted by molar-refractivity contribution is 6.05. The average Bonchev–Trinajstić information content (AvgIpc) is 3.27. The first-order chi connectivity index (χ1) is 15.8. The van der Waals surface area contributed by atoms with Gasteiger partial charge in [-0.2, -0.15) is 5.10 Å². The highest BCUT2D eigenvalue weighted by Crippen LogP contribution is 2.24. The van der Waals surface area contributed by atoms with E-state index in [-0.39, 0.29) is 23.8 Å². The van der Waals surface area contributed by atoms with Gasteiger partial charge < -0.3 is 15.0 Å². The number of nitrogens with zero attached hydrogens (tertiary/aromatic N) is 4. The van der Waals surface area contributed by atoms with Crippen molar-refractivity contribution in [3.63, 3.8) is 0 Å². The number of benzene rings is 1. The summed E-state index contributed by atoms with van der Waals surface area (Å²) in [4.78, 5) is 32.3. The van der Waals surface area contributed by atoms with Gasteiger partial charge in [0.15, 0.2) is 5.65 Å². The molecule has 0 saturated carbocycles. The van der Waals surface area contributed by atoms with E-state index in [0.717, 1.165) is 22.3 Å². The van der Waals surface area contributed by atoms with Crippen LogP contribution in [0.15, 0.2) is 36.5 Å². The standard InChI is InChI=1S/C25H31N5O3/c1-16(2)22-13-20(21-15-27-30(17(3)4)23(21)28-22)24(31)26-14-18-5-7-19(8-6-18)25(32)29-9-11-33-12-10-29/h5-8,13,15-17H,9-12,14H2,1-4H3,(H,26,31). The van der Waals surface area contributed by atoms with Gasteiger partial charge in [-0.3, -0.25) is 9.59 Å². The number of ether oxygens (including phenoxy) is 1.